The maximum atomic E-state index is 2.43. The van der Waals surface area contributed by atoms with Gasteiger partial charge in [0.25, 0.3) is 0 Å². The molecule has 0 saturated carbocycles. The third-order valence-corrected chi connectivity index (χ3v) is 28.6. The van der Waals surface area contributed by atoms with Gasteiger partial charge in [-0.05, 0) is 295 Å². The van der Waals surface area contributed by atoms with E-state index in [9.17, 15) is 0 Å². The van der Waals surface area contributed by atoms with Gasteiger partial charge in [-0.25, -0.2) is 0 Å². The summed E-state index contributed by atoms with van der Waals surface area (Å²) in [7, 11) is 0. The van der Waals surface area contributed by atoms with E-state index in [2.05, 4.69) is 609 Å². The van der Waals surface area contributed by atoms with Gasteiger partial charge in [0, 0.05) is 117 Å². The van der Waals surface area contributed by atoms with E-state index in [1.165, 1.54) is 164 Å². The van der Waals surface area contributed by atoms with Gasteiger partial charge in [0.15, 0.2) is 0 Å². The van der Waals surface area contributed by atoms with Crippen LogP contribution in [0.25, 0.3) is 187 Å². The van der Waals surface area contributed by atoms with Crippen molar-refractivity contribution in [1.82, 2.24) is 18.3 Å². The number of hydrogen-bond donors (Lipinski definition) is 0. The Kier molecular flexibility index (Phi) is 22.2. The Hall–Kier alpha value is -19.3. The molecule has 0 spiro atoms. The second-order valence-corrected chi connectivity index (χ2v) is 37.1. The van der Waals surface area contributed by atoms with Gasteiger partial charge in [-0.15, -0.1) is 0 Å². The van der Waals surface area contributed by atoms with Crippen molar-refractivity contribution in [3.63, 3.8) is 0 Å². The number of nitrogens with zero attached hydrogens (tertiary/aromatic N) is 7. The molecule has 24 aromatic carbocycles. The van der Waals surface area contributed by atoms with Crippen molar-refractivity contribution in [1.29, 1.82) is 0 Å². The molecule has 7 nitrogen and oxygen atoms in total. The third-order valence-electron chi connectivity index (χ3n) is 28.6. The van der Waals surface area contributed by atoms with Crippen LogP contribution in [0.4, 0.5) is 51.2 Å². The van der Waals surface area contributed by atoms with Crippen molar-refractivity contribution in [2.24, 2.45) is 0 Å². The van der Waals surface area contributed by atoms with Crippen molar-refractivity contribution in [3.8, 4) is 67.3 Å². The summed E-state index contributed by atoms with van der Waals surface area (Å²) in [4.78, 5) is 7.01. The van der Waals surface area contributed by atoms with Gasteiger partial charge in [-0.2, -0.15) is 0 Å². The molecule has 28 aromatic rings. The van der Waals surface area contributed by atoms with E-state index >= 15 is 0 Å². The van der Waals surface area contributed by atoms with Crippen LogP contribution in [0.15, 0.2) is 576 Å². The van der Waals surface area contributed by atoms with Crippen molar-refractivity contribution in [2.75, 3.05) is 14.7 Å². The summed E-state index contributed by atoms with van der Waals surface area (Å²) in [6, 6.07) is 208. The topological polar surface area (TPSA) is 29.4 Å². The molecule has 0 saturated heterocycles. The maximum absolute atomic E-state index is 2.43. The standard InChI is InChI=1S/C50H34N2.C46H31N3.C42H30N2/c1-3-11-39-33-41(19-17-35(39)9-1)37-21-25-43(26-22-37)51(44-27-23-38(24-28-44)42-20-18-36-10-2-4-12-40(36)34-42)45-29-31-46(32-30-45)52-49-15-7-5-13-47(49)48-14-6-8-16-50(48)52;1-4-15-33(16-5-1)47(34-17-6-2-7-18-34)36-25-27-37(28-26-36)48-42-23-13-12-22-39(42)40-30-41-45(31-44(40)48)49(35-19-8-3-9-20-35)43-29-24-32-14-10-11-21-38(32)46(41)43;1-3-13-31(14-4-1)33-17-11-19-37(29-33)43(38-20-12-18-34(30-38)32-15-5-2-6-16-32)35-25-27-36(28-26-35)44-41-23-9-7-21-39(41)40-22-8-10-24-42(40)44/h1-34H;1-31H;1-30H. The summed E-state index contributed by atoms with van der Waals surface area (Å²) in [5.74, 6) is 0. The van der Waals surface area contributed by atoms with Crippen molar-refractivity contribution >= 4 is 171 Å². The Balaban J connectivity index is 0.000000111. The van der Waals surface area contributed by atoms with E-state index in [4.69, 9.17) is 0 Å². The Bertz CT molecular complexity index is 9300. The van der Waals surface area contributed by atoms with Crippen LogP contribution < -0.4 is 14.7 Å². The molecule has 0 aliphatic rings. The van der Waals surface area contributed by atoms with Crippen LogP contribution in [-0.2, 0) is 0 Å². The number of aromatic nitrogens is 4. The molecule has 0 bridgehead atoms. The number of rotatable bonds is 17. The fraction of sp³-hybridized carbons (Fsp3) is 0. The normalized spacial score (nSPS) is 11.4. The van der Waals surface area contributed by atoms with E-state index in [1.54, 1.807) is 0 Å². The molecule has 0 radical (unpaired) electrons. The van der Waals surface area contributed by atoms with Gasteiger partial charge in [0.1, 0.15) is 0 Å². The number of hydrogen-bond acceptors (Lipinski definition) is 3. The number of anilines is 9. The first-order valence-corrected chi connectivity index (χ1v) is 49.7. The molecule has 7 heteroatoms. The molecule has 0 unspecified atom stereocenters. The highest BCUT2D eigenvalue weighted by atomic mass is 15.2. The zero-order valence-electron chi connectivity index (χ0n) is 79.5. The molecular weight excluding hydrogens is 1760 g/mol. The van der Waals surface area contributed by atoms with E-state index in [0.717, 1.165) is 73.9 Å². The smallest absolute Gasteiger partial charge is 0.0562 e. The zero-order chi connectivity index (χ0) is 96.0. The summed E-state index contributed by atoms with van der Waals surface area (Å²) < 4.78 is 9.59. The van der Waals surface area contributed by atoms with Crippen LogP contribution in [-0.4, -0.2) is 18.3 Å². The first-order chi connectivity index (χ1) is 71.9. The summed E-state index contributed by atoms with van der Waals surface area (Å²) in [6.07, 6.45) is 0. The molecule has 0 aliphatic heterocycles. The molecule has 4 heterocycles. The Morgan fingerprint density at radius 1 is 0.110 bits per heavy atom. The van der Waals surface area contributed by atoms with E-state index in [-0.39, 0.29) is 0 Å². The van der Waals surface area contributed by atoms with E-state index < -0.39 is 0 Å². The lowest BCUT2D eigenvalue weighted by Crippen LogP contribution is -2.10. The summed E-state index contributed by atoms with van der Waals surface area (Å²) in [6.45, 7) is 0. The van der Waals surface area contributed by atoms with Gasteiger partial charge >= 0.3 is 0 Å². The van der Waals surface area contributed by atoms with E-state index in [0.29, 0.717) is 0 Å². The molecule has 682 valence electrons. The fourth-order valence-corrected chi connectivity index (χ4v) is 21.8. The predicted molar refractivity (Wildman–Crippen MR) is 615 cm³/mol. The lowest BCUT2D eigenvalue weighted by molar-refractivity contribution is 1.16. The lowest BCUT2D eigenvalue weighted by atomic mass is 10.00. The first kappa shape index (κ1) is 86.0. The molecule has 0 N–H and O–H groups in total. The molecule has 0 aliphatic carbocycles. The second-order valence-electron chi connectivity index (χ2n) is 37.1. The van der Waals surface area contributed by atoms with Crippen LogP contribution in [0.5, 0.6) is 0 Å². The zero-order valence-corrected chi connectivity index (χ0v) is 79.5. The SMILES string of the molecule is c1ccc(-c2cccc(N(c3ccc(-n4c5ccccc5c5ccccc54)cc3)c3cccc(-c4ccccc4)c3)c2)cc1.c1ccc(N(c2ccccc2)c2ccc(-n3c4ccccc4c4cc5c6c7ccccc7ccc6n(-c6ccccc6)c5cc43)cc2)cc1.c1ccc2cc(-c3ccc(N(c4ccc(-c5ccc6ccccc6c5)cc4)c4ccc(-n5c6ccccc6c6ccccc65)cc4)cc3)ccc2c1. The Labute approximate surface area is 841 Å². The van der Waals surface area contributed by atoms with Gasteiger partial charge in [-0.1, -0.05) is 358 Å². The minimum absolute atomic E-state index is 1.10. The predicted octanol–water partition coefficient (Wildman–Crippen LogP) is 38.0. The van der Waals surface area contributed by atoms with Gasteiger partial charge < -0.3 is 33.0 Å². The van der Waals surface area contributed by atoms with Crippen LogP contribution >= 0.6 is 0 Å². The highest BCUT2D eigenvalue weighted by molar-refractivity contribution is 6.26. The quantitative estimate of drug-likeness (QED) is 0.0910. The minimum Gasteiger partial charge on any atom is -0.311 e. The summed E-state index contributed by atoms with van der Waals surface area (Å²) in [5, 5.41) is 17.7. The summed E-state index contributed by atoms with van der Waals surface area (Å²) >= 11 is 0. The maximum Gasteiger partial charge on any atom is 0.0562 e. The lowest BCUT2D eigenvalue weighted by Gasteiger charge is -2.27. The average molecular weight is 1850 g/mol. The van der Waals surface area contributed by atoms with E-state index in [1.807, 2.05) is 0 Å². The number of para-hydroxylation sites is 8. The minimum atomic E-state index is 1.10. The highest BCUT2D eigenvalue weighted by Crippen LogP contribution is 2.48. The molecule has 0 amide bonds. The van der Waals surface area contributed by atoms with Crippen LogP contribution in [0, 0.1) is 0 Å². The molecule has 4 aromatic heterocycles. The monoisotopic (exact) mass is 1850 g/mol. The fourth-order valence-electron chi connectivity index (χ4n) is 21.8. The number of fused-ring (bicyclic) bond motifs is 16. The van der Waals surface area contributed by atoms with Crippen LogP contribution in [0.3, 0.4) is 0 Å². The molecule has 0 atom stereocenters. The first-order valence-electron chi connectivity index (χ1n) is 49.7. The van der Waals surface area contributed by atoms with Crippen molar-refractivity contribution in [2.45, 2.75) is 0 Å². The van der Waals surface area contributed by atoms with Crippen LogP contribution in [0.1, 0.15) is 0 Å². The molecule has 28 rings (SSSR count). The van der Waals surface area contributed by atoms with Gasteiger partial charge in [0.05, 0.1) is 44.1 Å². The van der Waals surface area contributed by atoms with Gasteiger partial charge in [0.2, 0.25) is 0 Å². The molecular formula is C138H95N7. The summed E-state index contributed by atoms with van der Waals surface area (Å²) in [5.41, 5.74) is 33.8. The third kappa shape index (κ3) is 16.1. The molecule has 145 heavy (non-hydrogen) atoms. The largest absolute Gasteiger partial charge is 0.311 e. The second kappa shape index (κ2) is 37.4. The highest BCUT2D eigenvalue weighted by Gasteiger charge is 2.25. The Morgan fingerprint density at radius 2 is 0.359 bits per heavy atom. The van der Waals surface area contributed by atoms with Crippen molar-refractivity contribution < 1.29 is 0 Å². The molecule has 0 fully saturated rings. The van der Waals surface area contributed by atoms with Crippen molar-refractivity contribution in [3.05, 3.63) is 576 Å². The van der Waals surface area contributed by atoms with Crippen LogP contribution in [0.2, 0.25) is 0 Å². The number of benzene rings is 24. The Morgan fingerprint density at radius 3 is 0.759 bits per heavy atom. The average Bonchev–Trinajstić information content (AvgIpc) is 1.55. The van der Waals surface area contributed by atoms with Gasteiger partial charge in [-0.3, -0.25) is 0 Å².